The van der Waals surface area contributed by atoms with Crippen molar-refractivity contribution in [2.24, 2.45) is 13.0 Å². The fraction of sp³-hybridized carbons (Fsp3) is 0.471. The van der Waals surface area contributed by atoms with Crippen molar-refractivity contribution in [3.05, 3.63) is 40.2 Å². The number of β-lactam (4-membered cyclic amide) rings is 1. The summed E-state index contributed by atoms with van der Waals surface area (Å²) in [5.41, 5.74) is 2.32. The Kier molecular flexibility index (Phi) is 4.40. The molecule has 2 N–H and O–H groups in total. The molecule has 1 saturated heterocycles. The topological polar surface area (TPSA) is 81.7 Å². The van der Waals surface area contributed by atoms with Gasteiger partial charge < -0.3 is 15.1 Å². The Morgan fingerprint density at radius 1 is 1.54 bits per heavy atom. The van der Waals surface area contributed by atoms with Crippen molar-refractivity contribution in [3.63, 3.8) is 0 Å². The number of hydrogen-bond donors (Lipinski definition) is 2. The van der Waals surface area contributed by atoms with Crippen molar-refractivity contribution in [2.75, 3.05) is 0 Å². The highest BCUT2D eigenvalue weighted by Gasteiger charge is 2.56. The lowest BCUT2D eigenvalue weighted by molar-refractivity contribution is -0.677. The zero-order valence-electron chi connectivity index (χ0n) is 13.9. The maximum Gasteiger partial charge on any atom is 0.353 e. The van der Waals surface area contributed by atoms with Crippen LogP contribution in [0.2, 0.25) is 0 Å². The molecular weight excluding hydrogens is 328 g/mol. The number of aliphatic hydroxyl groups is 1. The number of amides is 1. The first kappa shape index (κ1) is 17.0. The van der Waals surface area contributed by atoms with Crippen molar-refractivity contribution in [3.8, 4) is 0 Å². The Morgan fingerprint density at radius 2 is 2.25 bits per heavy atom. The number of aliphatic hydroxyl groups excluding tert-OH is 1. The molecule has 1 aromatic rings. The molecule has 128 valence electrons. The highest BCUT2D eigenvalue weighted by Crippen LogP contribution is 2.47. The monoisotopic (exact) mass is 349 g/mol. The lowest BCUT2D eigenvalue weighted by Crippen LogP contribution is -2.61. The van der Waals surface area contributed by atoms with E-state index in [1.54, 1.807) is 6.92 Å². The first-order valence-corrected chi connectivity index (χ1v) is 8.85. The van der Waals surface area contributed by atoms with Crippen molar-refractivity contribution in [1.82, 2.24) is 4.90 Å². The molecule has 1 amide bonds. The SMILES string of the molecule is Cc1cc(CSC2=C(C(=O)O)N3C(=O)[C@H]([C@@H](C)O)[C@H]3C2)cc[n+]1C. The molecule has 0 saturated carbocycles. The number of aryl methyl sites for hydroxylation is 2. The molecule has 0 radical (unpaired) electrons. The van der Waals surface area contributed by atoms with Crippen LogP contribution in [0.3, 0.4) is 0 Å². The molecule has 3 heterocycles. The van der Waals surface area contributed by atoms with Gasteiger partial charge >= 0.3 is 5.97 Å². The van der Waals surface area contributed by atoms with Gasteiger partial charge in [0.25, 0.3) is 0 Å². The zero-order valence-corrected chi connectivity index (χ0v) is 14.7. The maximum absolute atomic E-state index is 12.2. The lowest BCUT2D eigenvalue weighted by Gasteiger charge is -2.44. The number of carboxylic acids is 1. The average molecular weight is 349 g/mol. The van der Waals surface area contributed by atoms with E-state index in [9.17, 15) is 19.8 Å². The minimum absolute atomic E-state index is 0.0881. The van der Waals surface area contributed by atoms with Crippen LogP contribution >= 0.6 is 11.8 Å². The van der Waals surface area contributed by atoms with Crippen LogP contribution in [-0.2, 0) is 22.4 Å². The molecule has 3 rings (SSSR count). The molecule has 2 aliphatic rings. The third-order valence-electron chi connectivity index (χ3n) is 4.77. The van der Waals surface area contributed by atoms with E-state index in [0.29, 0.717) is 12.2 Å². The molecular formula is C17H21N2O4S+. The molecule has 7 heteroatoms. The number of pyridine rings is 1. The molecule has 0 spiro atoms. The molecule has 0 aromatic carbocycles. The van der Waals surface area contributed by atoms with Crippen LogP contribution < -0.4 is 4.57 Å². The quantitative estimate of drug-likeness (QED) is 0.611. The summed E-state index contributed by atoms with van der Waals surface area (Å²) in [6.45, 7) is 3.60. The Hall–Kier alpha value is -1.86. The third-order valence-corrected chi connectivity index (χ3v) is 5.95. The van der Waals surface area contributed by atoms with Gasteiger partial charge in [0.15, 0.2) is 11.9 Å². The largest absolute Gasteiger partial charge is 0.477 e. The van der Waals surface area contributed by atoms with Gasteiger partial charge in [-0.2, -0.15) is 0 Å². The second kappa shape index (κ2) is 6.22. The fourth-order valence-electron chi connectivity index (χ4n) is 3.36. The Morgan fingerprint density at radius 3 is 2.83 bits per heavy atom. The highest BCUT2D eigenvalue weighted by molar-refractivity contribution is 8.02. The molecule has 2 aliphatic heterocycles. The Bertz CT molecular complexity index is 744. The minimum atomic E-state index is -1.08. The number of aliphatic carboxylic acids is 1. The summed E-state index contributed by atoms with van der Waals surface area (Å²) in [5.74, 6) is -1.20. The number of nitrogens with zero attached hydrogens (tertiary/aromatic N) is 2. The van der Waals surface area contributed by atoms with Gasteiger partial charge in [-0.05, 0) is 12.5 Å². The number of carbonyl (C=O) groups is 2. The van der Waals surface area contributed by atoms with Gasteiger partial charge in [-0.1, -0.05) is 0 Å². The summed E-state index contributed by atoms with van der Waals surface area (Å²) in [5, 5.41) is 19.2. The van der Waals surface area contributed by atoms with Gasteiger partial charge in [-0.25, -0.2) is 9.36 Å². The van der Waals surface area contributed by atoms with Gasteiger partial charge in [0, 0.05) is 36.1 Å². The summed E-state index contributed by atoms with van der Waals surface area (Å²) in [7, 11) is 1.97. The second-order valence-electron chi connectivity index (χ2n) is 6.40. The summed E-state index contributed by atoms with van der Waals surface area (Å²) in [6, 6.07) is 3.86. The van der Waals surface area contributed by atoms with E-state index >= 15 is 0 Å². The van der Waals surface area contributed by atoms with Crippen molar-refractivity contribution < 1.29 is 24.4 Å². The van der Waals surface area contributed by atoms with Gasteiger partial charge in [0.1, 0.15) is 12.7 Å². The smallest absolute Gasteiger partial charge is 0.353 e. The van der Waals surface area contributed by atoms with E-state index in [1.807, 2.05) is 30.8 Å². The number of carboxylic acid groups (broad SMARTS) is 1. The summed E-state index contributed by atoms with van der Waals surface area (Å²) in [6.07, 6.45) is 1.73. The first-order chi connectivity index (χ1) is 11.3. The van der Waals surface area contributed by atoms with Gasteiger partial charge in [0.2, 0.25) is 5.91 Å². The van der Waals surface area contributed by atoms with Crippen LogP contribution in [0.15, 0.2) is 28.9 Å². The fourth-order valence-corrected chi connectivity index (χ4v) is 4.49. The number of thioether (sulfide) groups is 1. The Labute approximate surface area is 144 Å². The zero-order chi connectivity index (χ0) is 17.6. The molecule has 0 aliphatic carbocycles. The van der Waals surface area contributed by atoms with Crippen LogP contribution in [0, 0.1) is 12.8 Å². The van der Waals surface area contributed by atoms with Crippen molar-refractivity contribution in [2.45, 2.75) is 38.2 Å². The molecule has 0 bridgehead atoms. The molecule has 0 unspecified atom stereocenters. The first-order valence-electron chi connectivity index (χ1n) is 7.86. The molecule has 1 fully saturated rings. The van der Waals surface area contributed by atoms with Crippen LogP contribution in [0.1, 0.15) is 24.6 Å². The van der Waals surface area contributed by atoms with Crippen LogP contribution in [0.4, 0.5) is 0 Å². The molecule has 24 heavy (non-hydrogen) atoms. The molecule has 1 aromatic heterocycles. The van der Waals surface area contributed by atoms with E-state index in [-0.39, 0.29) is 17.6 Å². The number of hydrogen-bond acceptors (Lipinski definition) is 4. The number of carbonyl (C=O) groups excluding carboxylic acids is 1. The van der Waals surface area contributed by atoms with E-state index in [4.69, 9.17) is 0 Å². The summed E-state index contributed by atoms with van der Waals surface area (Å²) >= 11 is 1.47. The normalized spacial score (nSPS) is 24.0. The predicted molar refractivity (Wildman–Crippen MR) is 88.7 cm³/mol. The molecule has 6 nitrogen and oxygen atoms in total. The van der Waals surface area contributed by atoms with Crippen LogP contribution in [-0.4, -0.2) is 39.1 Å². The van der Waals surface area contributed by atoms with Crippen LogP contribution in [0.25, 0.3) is 0 Å². The lowest BCUT2D eigenvalue weighted by atomic mass is 9.83. The number of fused-ring (bicyclic) bond motifs is 1. The van der Waals surface area contributed by atoms with Crippen LogP contribution in [0.5, 0.6) is 0 Å². The van der Waals surface area contributed by atoms with Crippen molar-refractivity contribution >= 4 is 23.6 Å². The highest BCUT2D eigenvalue weighted by atomic mass is 32.2. The third kappa shape index (κ3) is 2.71. The summed E-state index contributed by atoms with van der Waals surface area (Å²) < 4.78 is 2.02. The van der Waals surface area contributed by atoms with E-state index in [1.165, 1.54) is 16.7 Å². The maximum atomic E-state index is 12.2. The standard InChI is InChI=1S/C17H20N2O4S/c1-9-6-11(4-5-18(9)3)8-24-13-7-12-14(10(2)20)16(21)19(12)15(13)17(22)23/h4-6,10,12,14,20H,7-8H2,1-3H3/p+1/t10-,12-,14-/m1/s1. The van der Waals surface area contributed by atoms with Crippen molar-refractivity contribution in [1.29, 1.82) is 0 Å². The number of aromatic nitrogens is 1. The van der Waals surface area contributed by atoms with E-state index in [0.717, 1.165) is 16.2 Å². The molecule has 3 atom stereocenters. The average Bonchev–Trinajstić information content (AvgIpc) is 2.82. The van der Waals surface area contributed by atoms with Gasteiger partial charge in [-0.3, -0.25) is 4.79 Å². The van der Waals surface area contributed by atoms with E-state index in [2.05, 4.69) is 6.07 Å². The van der Waals surface area contributed by atoms with Gasteiger partial charge in [0.05, 0.1) is 18.1 Å². The second-order valence-corrected chi connectivity index (χ2v) is 7.47. The minimum Gasteiger partial charge on any atom is -0.477 e. The Balaban J connectivity index is 1.78. The predicted octanol–water partition coefficient (Wildman–Crippen LogP) is 0.960. The number of rotatable bonds is 5. The van der Waals surface area contributed by atoms with E-state index < -0.39 is 18.0 Å². The van der Waals surface area contributed by atoms with Gasteiger partial charge in [-0.15, -0.1) is 11.8 Å². The summed E-state index contributed by atoms with van der Waals surface area (Å²) in [4.78, 5) is 25.8.